The molecule has 0 aliphatic carbocycles. The van der Waals surface area contributed by atoms with Crippen LogP contribution in [0, 0.1) is 5.92 Å². The zero-order chi connectivity index (χ0) is 14.3. The Labute approximate surface area is 115 Å². The lowest BCUT2D eigenvalue weighted by atomic mass is 10.0. The Hall–Kier alpha value is -0.910. The van der Waals surface area contributed by atoms with E-state index in [1.54, 1.807) is 24.3 Å². The van der Waals surface area contributed by atoms with Crippen LogP contribution in [0.4, 0.5) is 0 Å². The van der Waals surface area contributed by atoms with E-state index in [1.165, 1.54) is 0 Å². The normalized spacial score (nSPS) is 12.0. The lowest BCUT2D eigenvalue weighted by molar-refractivity contribution is 0.282. The molecule has 5 heteroatoms. The van der Waals surface area contributed by atoms with Crippen molar-refractivity contribution in [3.8, 4) is 0 Å². The van der Waals surface area contributed by atoms with Gasteiger partial charge in [-0.2, -0.15) is 0 Å². The van der Waals surface area contributed by atoms with Crippen LogP contribution in [0.25, 0.3) is 0 Å². The largest absolute Gasteiger partial charge is 0.392 e. The van der Waals surface area contributed by atoms with Crippen molar-refractivity contribution in [3.05, 3.63) is 35.4 Å². The molecule has 0 aromatic heterocycles. The van der Waals surface area contributed by atoms with Gasteiger partial charge in [0.2, 0.25) is 10.0 Å². The number of aliphatic hydroxyl groups excluding tert-OH is 1. The highest BCUT2D eigenvalue weighted by Gasteiger charge is 2.13. The van der Waals surface area contributed by atoms with E-state index < -0.39 is 10.0 Å². The maximum Gasteiger partial charge on any atom is 0.215 e. The first-order chi connectivity index (χ1) is 9.00. The number of sulfonamides is 1. The highest BCUT2D eigenvalue weighted by Crippen LogP contribution is 2.10. The molecule has 0 fully saturated rings. The molecule has 0 aliphatic rings. The first-order valence-corrected chi connectivity index (χ1v) is 8.32. The molecule has 0 heterocycles. The molecule has 0 bridgehead atoms. The van der Waals surface area contributed by atoms with Crippen LogP contribution < -0.4 is 4.72 Å². The molecule has 0 unspecified atom stereocenters. The van der Waals surface area contributed by atoms with Crippen LogP contribution in [-0.4, -0.2) is 20.1 Å². The van der Waals surface area contributed by atoms with Gasteiger partial charge in [0.05, 0.1) is 12.4 Å². The summed E-state index contributed by atoms with van der Waals surface area (Å²) in [5.74, 6) is 0.380. The van der Waals surface area contributed by atoms with Crippen LogP contribution in [-0.2, 0) is 22.4 Å². The summed E-state index contributed by atoms with van der Waals surface area (Å²) in [5.41, 5.74) is 1.51. The first kappa shape index (κ1) is 16.1. The number of nitrogens with one attached hydrogen (secondary N) is 1. The van der Waals surface area contributed by atoms with Crippen molar-refractivity contribution in [1.29, 1.82) is 0 Å². The summed E-state index contributed by atoms with van der Waals surface area (Å²) in [4.78, 5) is 0. The maximum absolute atomic E-state index is 11.9. The van der Waals surface area contributed by atoms with E-state index in [4.69, 9.17) is 5.11 Å². The Kier molecular flexibility index (Phi) is 6.48. The molecule has 0 amide bonds. The lowest BCUT2D eigenvalue weighted by Gasteiger charge is -2.13. The third-order valence-corrected chi connectivity index (χ3v) is 4.63. The van der Waals surface area contributed by atoms with Crippen molar-refractivity contribution in [2.24, 2.45) is 5.92 Å². The predicted octanol–water partition coefficient (Wildman–Crippen LogP) is 2.03. The van der Waals surface area contributed by atoms with Gasteiger partial charge in [0.1, 0.15) is 0 Å². The fourth-order valence-corrected chi connectivity index (χ4v) is 3.06. The van der Waals surface area contributed by atoms with Gasteiger partial charge in [0, 0.05) is 6.54 Å². The second kappa shape index (κ2) is 7.62. The summed E-state index contributed by atoms with van der Waals surface area (Å²) >= 11 is 0. The lowest BCUT2D eigenvalue weighted by Crippen LogP contribution is -2.30. The Morgan fingerprint density at radius 2 is 1.63 bits per heavy atom. The Morgan fingerprint density at radius 3 is 2.11 bits per heavy atom. The van der Waals surface area contributed by atoms with Crippen molar-refractivity contribution in [2.75, 3.05) is 6.54 Å². The minimum absolute atomic E-state index is 0.0150. The van der Waals surface area contributed by atoms with Gasteiger partial charge in [0.25, 0.3) is 0 Å². The molecule has 0 aliphatic heterocycles. The highest BCUT2D eigenvalue weighted by atomic mass is 32.2. The van der Waals surface area contributed by atoms with E-state index in [9.17, 15) is 8.42 Å². The molecule has 108 valence electrons. The van der Waals surface area contributed by atoms with Gasteiger partial charge in [-0.15, -0.1) is 0 Å². The van der Waals surface area contributed by atoms with Crippen LogP contribution in [0.2, 0.25) is 0 Å². The van der Waals surface area contributed by atoms with Crippen molar-refractivity contribution in [3.63, 3.8) is 0 Å². The van der Waals surface area contributed by atoms with E-state index in [-0.39, 0.29) is 12.4 Å². The van der Waals surface area contributed by atoms with Crippen molar-refractivity contribution >= 4 is 10.0 Å². The van der Waals surface area contributed by atoms with Gasteiger partial charge in [-0.3, -0.25) is 0 Å². The van der Waals surface area contributed by atoms with Gasteiger partial charge in [-0.05, 0) is 17.0 Å². The standard InChI is InChI=1S/C14H23NO3S/c1-3-12(4-2)9-15-19(17,18)11-14-7-5-13(10-16)6-8-14/h5-8,12,15-16H,3-4,9-11H2,1-2H3. The number of hydrogen-bond acceptors (Lipinski definition) is 3. The second-order valence-electron chi connectivity index (χ2n) is 4.76. The van der Waals surface area contributed by atoms with Gasteiger partial charge in [-0.1, -0.05) is 51.0 Å². The summed E-state index contributed by atoms with van der Waals surface area (Å²) < 4.78 is 26.5. The zero-order valence-electron chi connectivity index (χ0n) is 11.6. The average Bonchev–Trinajstić information content (AvgIpc) is 2.40. The van der Waals surface area contributed by atoms with Crippen molar-refractivity contribution in [1.82, 2.24) is 4.72 Å². The van der Waals surface area contributed by atoms with E-state index in [0.29, 0.717) is 12.5 Å². The molecule has 1 rings (SSSR count). The minimum Gasteiger partial charge on any atom is -0.392 e. The topological polar surface area (TPSA) is 66.4 Å². The molecule has 0 spiro atoms. The molecular weight excluding hydrogens is 262 g/mol. The van der Waals surface area contributed by atoms with Crippen molar-refractivity contribution in [2.45, 2.75) is 39.0 Å². The molecule has 0 saturated heterocycles. The molecule has 0 radical (unpaired) electrons. The summed E-state index contributed by atoms with van der Waals surface area (Å²) in [6.45, 7) is 4.61. The maximum atomic E-state index is 11.9. The Bertz CT molecular complexity index is 464. The number of hydrogen-bond donors (Lipinski definition) is 2. The summed E-state index contributed by atoms with van der Waals surface area (Å²) in [6, 6.07) is 6.96. The molecule has 19 heavy (non-hydrogen) atoms. The minimum atomic E-state index is -3.28. The van der Waals surface area contributed by atoms with Gasteiger partial charge in [-0.25, -0.2) is 13.1 Å². The molecule has 0 saturated carbocycles. The van der Waals surface area contributed by atoms with E-state index in [1.807, 2.05) is 0 Å². The summed E-state index contributed by atoms with van der Waals surface area (Å²) in [5, 5.41) is 8.93. The van der Waals surface area contributed by atoms with E-state index >= 15 is 0 Å². The zero-order valence-corrected chi connectivity index (χ0v) is 12.4. The van der Waals surface area contributed by atoms with Crippen LogP contribution in [0.5, 0.6) is 0 Å². The third-order valence-electron chi connectivity index (χ3n) is 3.31. The van der Waals surface area contributed by atoms with Gasteiger partial charge in [0.15, 0.2) is 0 Å². The molecule has 4 nitrogen and oxygen atoms in total. The Morgan fingerprint density at radius 1 is 1.11 bits per heavy atom. The second-order valence-corrected chi connectivity index (χ2v) is 6.57. The smallest absolute Gasteiger partial charge is 0.215 e. The number of aliphatic hydroxyl groups is 1. The fourth-order valence-electron chi connectivity index (χ4n) is 1.83. The third kappa shape index (κ3) is 5.72. The Balaban J connectivity index is 2.58. The molecule has 0 atom stereocenters. The summed E-state index contributed by atoms with van der Waals surface area (Å²) in [7, 11) is -3.28. The quantitative estimate of drug-likeness (QED) is 0.768. The van der Waals surface area contributed by atoms with Crippen LogP contribution in [0.15, 0.2) is 24.3 Å². The van der Waals surface area contributed by atoms with Crippen LogP contribution >= 0.6 is 0 Å². The monoisotopic (exact) mass is 285 g/mol. The van der Waals surface area contributed by atoms with Crippen LogP contribution in [0.3, 0.4) is 0 Å². The van der Waals surface area contributed by atoms with E-state index in [0.717, 1.165) is 24.0 Å². The molecule has 1 aromatic carbocycles. The predicted molar refractivity (Wildman–Crippen MR) is 77.1 cm³/mol. The van der Waals surface area contributed by atoms with Gasteiger partial charge >= 0.3 is 0 Å². The van der Waals surface area contributed by atoms with Crippen molar-refractivity contribution < 1.29 is 13.5 Å². The highest BCUT2D eigenvalue weighted by molar-refractivity contribution is 7.88. The van der Waals surface area contributed by atoms with Gasteiger partial charge < -0.3 is 5.11 Å². The van der Waals surface area contributed by atoms with Crippen LogP contribution in [0.1, 0.15) is 37.8 Å². The molecule has 1 aromatic rings. The average molecular weight is 285 g/mol. The molecule has 2 N–H and O–H groups in total. The summed E-state index contributed by atoms with van der Waals surface area (Å²) in [6.07, 6.45) is 1.95. The SMILES string of the molecule is CCC(CC)CNS(=O)(=O)Cc1ccc(CO)cc1. The van der Waals surface area contributed by atoms with E-state index in [2.05, 4.69) is 18.6 Å². The number of benzene rings is 1. The molecular formula is C14H23NO3S. The number of rotatable bonds is 8. The fraction of sp³-hybridized carbons (Fsp3) is 0.571. The first-order valence-electron chi connectivity index (χ1n) is 6.66.